The van der Waals surface area contributed by atoms with Crippen molar-refractivity contribution in [3.8, 4) is 0 Å². The summed E-state index contributed by atoms with van der Waals surface area (Å²) in [6, 6.07) is 4.29. The summed E-state index contributed by atoms with van der Waals surface area (Å²) >= 11 is 7.09. The molecule has 0 unspecified atom stereocenters. The van der Waals surface area contributed by atoms with Gasteiger partial charge >= 0.3 is 0 Å². The molecule has 2 heteroatoms. The molecule has 0 N–H and O–H groups in total. The number of rotatable bonds is 1. The van der Waals surface area contributed by atoms with Gasteiger partial charge in [0, 0.05) is 8.95 Å². The molecule has 0 radical (unpaired) electrons. The standard InChI is InChI=1S/C10H12Br2/c1-6(2)9-5-8(11)4-7(3)10(9)12/h4-6H,1-3H3. The molecule has 0 aliphatic carbocycles. The number of benzene rings is 1. The molecule has 0 atom stereocenters. The van der Waals surface area contributed by atoms with E-state index in [0.29, 0.717) is 5.92 Å². The summed E-state index contributed by atoms with van der Waals surface area (Å²) in [7, 11) is 0. The third-order valence-electron chi connectivity index (χ3n) is 1.87. The molecule has 0 saturated carbocycles. The van der Waals surface area contributed by atoms with Crippen LogP contribution in [0.3, 0.4) is 0 Å². The van der Waals surface area contributed by atoms with Crippen LogP contribution in [0.5, 0.6) is 0 Å². The van der Waals surface area contributed by atoms with Gasteiger partial charge in [-0.2, -0.15) is 0 Å². The maximum atomic E-state index is 3.59. The van der Waals surface area contributed by atoms with Crippen LogP contribution in [-0.2, 0) is 0 Å². The van der Waals surface area contributed by atoms with Crippen LogP contribution in [0.15, 0.2) is 21.1 Å². The van der Waals surface area contributed by atoms with Crippen molar-refractivity contribution < 1.29 is 0 Å². The average molecular weight is 292 g/mol. The summed E-state index contributed by atoms with van der Waals surface area (Å²) in [6.07, 6.45) is 0. The minimum atomic E-state index is 0.565. The Labute approximate surface area is 90.6 Å². The summed E-state index contributed by atoms with van der Waals surface area (Å²) in [4.78, 5) is 0. The number of hydrogen-bond acceptors (Lipinski definition) is 0. The van der Waals surface area contributed by atoms with Crippen molar-refractivity contribution in [2.75, 3.05) is 0 Å². The fourth-order valence-corrected chi connectivity index (χ4v) is 2.45. The molecule has 0 fully saturated rings. The Morgan fingerprint density at radius 3 is 2.25 bits per heavy atom. The van der Waals surface area contributed by atoms with E-state index in [4.69, 9.17) is 0 Å². The zero-order chi connectivity index (χ0) is 9.30. The molecule has 0 bridgehead atoms. The van der Waals surface area contributed by atoms with Crippen LogP contribution in [0.4, 0.5) is 0 Å². The Balaban J connectivity index is 3.28. The van der Waals surface area contributed by atoms with Crippen LogP contribution >= 0.6 is 31.9 Å². The van der Waals surface area contributed by atoms with Gasteiger partial charge in [-0.05, 0) is 36.1 Å². The van der Waals surface area contributed by atoms with Crippen LogP contribution < -0.4 is 0 Å². The number of hydrogen-bond donors (Lipinski definition) is 0. The smallest absolute Gasteiger partial charge is 0.0239 e. The zero-order valence-electron chi connectivity index (χ0n) is 7.49. The topological polar surface area (TPSA) is 0 Å². The van der Waals surface area contributed by atoms with Crippen molar-refractivity contribution in [1.82, 2.24) is 0 Å². The van der Waals surface area contributed by atoms with E-state index >= 15 is 0 Å². The second-order valence-corrected chi connectivity index (χ2v) is 4.99. The lowest BCUT2D eigenvalue weighted by atomic mass is 10.0. The summed E-state index contributed by atoms with van der Waals surface area (Å²) < 4.78 is 2.40. The van der Waals surface area contributed by atoms with Gasteiger partial charge in [0.2, 0.25) is 0 Å². The third-order valence-corrected chi connectivity index (χ3v) is 3.41. The molecule has 1 rings (SSSR count). The van der Waals surface area contributed by atoms with E-state index in [-0.39, 0.29) is 0 Å². The van der Waals surface area contributed by atoms with Crippen molar-refractivity contribution in [2.24, 2.45) is 0 Å². The van der Waals surface area contributed by atoms with E-state index in [1.54, 1.807) is 0 Å². The lowest BCUT2D eigenvalue weighted by molar-refractivity contribution is 0.857. The summed E-state index contributed by atoms with van der Waals surface area (Å²) in [5.74, 6) is 0.565. The Kier molecular flexibility index (Phi) is 3.36. The van der Waals surface area contributed by atoms with Crippen molar-refractivity contribution in [2.45, 2.75) is 26.7 Å². The highest BCUT2D eigenvalue weighted by atomic mass is 79.9. The second-order valence-electron chi connectivity index (χ2n) is 3.28. The van der Waals surface area contributed by atoms with Gasteiger partial charge in [-0.3, -0.25) is 0 Å². The largest absolute Gasteiger partial charge is 0.0586 e. The molecule has 1 aromatic carbocycles. The highest BCUT2D eigenvalue weighted by Gasteiger charge is 2.07. The van der Waals surface area contributed by atoms with Gasteiger partial charge in [-0.25, -0.2) is 0 Å². The van der Waals surface area contributed by atoms with Crippen LogP contribution in [0.2, 0.25) is 0 Å². The molecule has 66 valence electrons. The molecule has 1 aromatic rings. The van der Waals surface area contributed by atoms with Crippen LogP contribution in [-0.4, -0.2) is 0 Å². The first kappa shape index (κ1) is 10.3. The highest BCUT2D eigenvalue weighted by Crippen LogP contribution is 2.30. The summed E-state index contributed by atoms with van der Waals surface area (Å²) in [5.41, 5.74) is 2.65. The molecule has 0 aliphatic heterocycles. The summed E-state index contributed by atoms with van der Waals surface area (Å²) in [5, 5.41) is 0. The molecule has 0 amide bonds. The molecular formula is C10H12Br2. The van der Waals surface area contributed by atoms with E-state index < -0.39 is 0 Å². The minimum Gasteiger partial charge on any atom is -0.0586 e. The first-order valence-electron chi connectivity index (χ1n) is 3.98. The Hall–Kier alpha value is 0.180. The maximum Gasteiger partial charge on any atom is 0.0239 e. The van der Waals surface area contributed by atoms with Gasteiger partial charge in [0.15, 0.2) is 0 Å². The minimum absolute atomic E-state index is 0.565. The van der Waals surface area contributed by atoms with Crippen LogP contribution in [0, 0.1) is 6.92 Å². The van der Waals surface area contributed by atoms with E-state index in [2.05, 4.69) is 64.8 Å². The molecule has 0 heterocycles. The van der Waals surface area contributed by atoms with Gasteiger partial charge in [0.25, 0.3) is 0 Å². The Morgan fingerprint density at radius 2 is 1.75 bits per heavy atom. The molecule has 12 heavy (non-hydrogen) atoms. The summed E-state index contributed by atoms with van der Waals surface area (Å²) in [6.45, 7) is 6.51. The monoisotopic (exact) mass is 290 g/mol. The second kappa shape index (κ2) is 3.93. The van der Waals surface area contributed by atoms with Gasteiger partial charge in [-0.1, -0.05) is 45.7 Å². The predicted octanol–water partition coefficient (Wildman–Crippen LogP) is 4.64. The molecule has 0 nitrogen and oxygen atoms in total. The van der Waals surface area contributed by atoms with Gasteiger partial charge in [0.1, 0.15) is 0 Å². The highest BCUT2D eigenvalue weighted by molar-refractivity contribution is 9.11. The zero-order valence-corrected chi connectivity index (χ0v) is 10.7. The lowest BCUT2D eigenvalue weighted by Crippen LogP contribution is -1.91. The third kappa shape index (κ3) is 2.11. The number of halogens is 2. The molecule has 0 aliphatic rings. The quantitative estimate of drug-likeness (QED) is 0.707. The van der Waals surface area contributed by atoms with Gasteiger partial charge < -0.3 is 0 Å². The first-order valence-corrected chi connectivity index (χ1v) is 5.56. The number of aryl methyl sites for hydroxylation is 1. The molecule has 0 aromatic heterocycles. The van der Waals surface area contributed by atoms with Crippen molar-refractivity contribution in [3.05, 3.63) is 32.2 Å². The SMILES string of the molecule is Cc1cc(Br)cc(C(C)C)c1Br. The van der Waals surface area contributed by atoms with Crippen LogP contribution in [0.25, 0.3) is 0 Å². The molecular weight excluding hydrogens is 280 g/mol. The average Bonchev–Trinajstić information content (AvgIpc) is 1.96. The Bertz CT molecular complexity index is 290. The van der Waals surface area contributed by atoms with E-state index in [0.717, 1.165) is 4.47 Å². The van der Waals surface area contributed by atoms with Gasteiger partial charge in [0.05, 0.1) is 0 Å². The van der Waals surface area contributed by atoms with E-state index in [9.17, 15) is 0 Å². The van der Waals surface area contributed by atoms with Crippen molar-refractivity contribution >= 4 is 31.9 Å². The predicted molar refractivity (Wildman–Crippen MR) is 60.7 cm³/mol. The maximum absolute atomic E-state index is 3.59. The fourth-order valence-electron chi connectivity index (χ4n) is 1.17. The lowest BCUT2D eigenvalue weighted by Gasteiger charge is -2.11. The van der Waals surface area contributed by atoms with Crippen LogP contribution in [0.1, 0.15) is 30.9 Å². The molecule has 0 saturated heterocycles. The van der Waals surface area contributed by atoms with Crippen molar-refractivity contribution in [1.29, 1.82) is 0 Å². The van der Waals surface area contributed by atoms with Crippen molar-refractivity contribution in [3.63, 3.8) is 0 Å². The fraction of sp³-hybridized carbons (Fsp3) is 0.400. The molecule has 0 spiro atoms. The first-order chi connectivity index (χ1) is 5.52. The Morgan fingerprint density at radius 1 is 1.17 bits per heavy atom. The van der Waals surface area contributed by atoms with Gasteiger partial charge in [-0.15, -0.1) is 0 Å². The van der Waals surface area contributed by atoms with E-state index in [1.807, 2.05) is 0 Å². The normalized spacial score (nSPS) is 10.8. The van der Waals surface area contributed by atoms with E-state index in [1.165, 1.54) is 15.6 Å².